The number of carbonyl (C=O) groups excluding carboxylic acids is 1. The smallest absolute Gasteiger partial charge is 0.246 e. The normalized spacial score (nSPS) is 22.1. The summed E-state index contributed by atoms with van der Waals surface area (Å²) in [6, 6.07) is 2.79. The third-order valence-corrected chi connectivity index (χ3v) is 6.26. The Balaban J connectivity index is 1.52. The second-order valence-electron chi connectivity index (χ2n) is 5.95. The molecule has 0 atom stereocenters. The fourth-order valence-corrected chi connectivity index (χ4v) is 4.93. The lowest BCUT2D eigenvalue weighted by Crippen LogP contribution is -2.41. The van der Waals surface area contributed by atoms with Crippen molar-refractivity contribution in [1.29, 1.82) is 0 Å². The molecule has 0 saturated carbocycles. The van der Waals surface area contributed by atoms with Crippen LogP contribution in [0.4, 0.5) is 0 Å². The number of hydrogen-bond donors (Lipinski definition) is 0. The lowest BCUT2D eigenvalue weighted by Gasteiger charge is -2.33. The van der Waals surface area contributed by atoms with E-state index in [2.05, 4.69) is 22.0 Å². The molecule has 2 aliphatic rings. The highest BCUT2D eigenvalue weighted by Gasteiger charge is 2.24. The number of thiophene rings is 1. The first-order valence-corrected chi connectivity index (χ1v) is 10.2. The van der Waals surface area contributed by atoms with Gasteiger partial charge >= 0.3 is 0 Å². The van der Waals surface area contributed by atoms with Crippen LogP contribution in [0.3, 0.4) is 0 Å². The third-order valence-electron chi connectivity index (χ3n) is 4.51. The Morgan fingerprint density at radius 3 is 2.82 bits per heavy atom. The molecule has 5 heteroatoms. The summed E-state index contributed by atoms with van der Waals surface area (Å²) >= 11 is 3.74. The minimum absolute atomic E-state index is 0.159. The number of rotatable bonds is 3. The van der Waals surface area contributed by atoms with Crippen molar-refractivity contribution in [1.82, 2.24) is 9.80 Å². The van der Waals surface area contributed by atoms with Gasteiger partial charge in [-0.2, -0.15) is 23.1 Å². The Bertz CT molecular complexity index is 495. The van der Waals surface area contributed by atoms with E-state index in [1.807, 2.05) is 22.4 Å². The minimum Gasteiger partial charge on any atom is -0.338 e. The van der Waals surface area contributed by atoms with Gasteiger partial charge in [0.1, 0.15) is 0 Å². The Morgan fingerprint density at radius 1 is 1.18 bits per heavy atom. The maximum atomic E-state index is 12.3. The monoisotopic (exact) mass is 336 g/mol. The summed E-state index contributed by atoms with van der Waals surface area (Å²) in [4.78, 5) is 17.0. The molecule has 1 aromatic heterocycles. The largest absolute Gasteiger partial charge is 0.338 e. The van der Waals surface area contributed by atoms with Crippen LogP contribution >= 0.6 is 23.1 Å². The highest BCUT2D eigenvalue weighted by atomic mass is 32.2. The summed E-state index contributed by atoms with van der Waals surface area (Å²) in [6.07, 6.45) is 7.39. The first-order valence-electron chi connectivity index (χ1n) is 8.14. The summed E-state index contributed by atoms with van der Waals surface area (Å²) in [5.74, 6) is 2.76. The van der Waals surface area contributed by atoms with Crippen molar-refractivity contribution in [3.8, 4) is 0 Å². The molecule has 2 aliphatic heterocycles. The fraction of sp³-hybridized carbons (Fsp3) is 0.588. The highest BCUT2D eigenvalue weighted by Crippen LogP contribution is 2.22. The van der Waals surface area contributed by atoms with Crippen LogP contribution in [0.15, 0.2) is 22.9 Å². The Morgan fingerprint density at radius 2 is 2.05 bits per heavy atom. The van der Waals surface area contributed by atoms with E-state index >= 15 is 0 Å². The van der Waals surface area contributed by atoms with E-state index in [1.54, 1.807) is 17.4 Å². The predicted molar refractivity (Wildman–Crippen MR) is 96.5 cm³/mol. The van der Waals surface area contributed by atoms with Crippen molar-refractivity contribution in [3.63, 3.8) is 0 Å². The van der Waals surface area contributed by atoms with Gasteiger partial charge in [-0.1, -0.05) is 0 Å². The third kappa shape index (κ3) is 4.37. The van der Waals surface area contributed by atoms with Crippen molar-refractivity contribution in [2.45, 2.75) is 25.3 Å². The average molecular weight is 337 g/mol. The molecule has 0 bridgehead atoms. The zero-order valence-electron chi connectivity index (χ0n) is 12.9. The van der Waals surface area contributed by atoms with E-state index in [4.69, 9.17) is 0 Å². The quantitative estimate of drug-likeness (QED) is 0.792. The lowest BCUT2D eigenvalue weighted by atomic mass is 10.1. The van der Waals surface area contributed by atoms with Gasteiger partial charge in [-0.3, -0.25) is 9.69 Å². The maximum absolute atomic E-state index is 12.3. The summed E-state index contributed by atoms with van der Waals surface area (Å²) in [5, 5.41) is 4.10. The van der Waals surface area contributed by atoms with Crippen molar-refractivity contribution < 1.29 is 4.79 Å². The molecule has 0 unspecified atom stereocenters. The molecule has 0 aliphatic carbocycles. The molecule has 2 fully saturated rings. The van der Waals surface area contributed by atoms with E-state index < -0.39 is 0 Å². The van der Waals surface area contributed by atoms with E-state index in [1.165, 1.54) is 24.3 Å². The Labute approximate surface area is 141 Å². The number of amides is 1. The van der Waals surface area contributed by atoms with Crippen LogP contribution < -0.4 is 0 Å². The first kappa shape index (κ1) is 16.1. The van der Waals surface area contributed by atoms with Crippen LogP contribution in [0, 0.1) is 0 Å². The molecule has 0 N–H and O–H groups in total. The van der Waals surface area contributed by atoms with Gasteiger partial charge in [0.15, 0.2) is 0 Å². The van der Waals surface area contributed by atoms with Crippen LogP contribution in [0.5, 0.6) is 0 Å². The van der Waals surface area contributed by atoms with Crippen molar-refractivity contribution >= 4 is 35.1 Å². The molecule has 0 aromatic carbocycles. The first-order chi connectivity index (χ1) is 10.8. The molecular weight excluding hydrogens is 312 g/mol. The molecule has 1 aromatic rings. The van der Waals surface area contributed by atoms with E-state index in [0.29, 0.717) is 0 Å². The number of thioether (sulfide) groups is 1. The number of hydrogen-bond acceptors (Lipinski definition) is 4. The van der Waals surface area contributed by atoms with Crippen LogP contribution in [0.1, 0.15) is 24.8 Å². The van der Waals surface area contributed by atoms with Crippen molar-refractivity contribution in [2.75, 3.05) is 37.7 Å². The van der Waals surface area contributed by atoms with Crippen molar-refractivity contribution in [3.05, 3.63) is 28.5 Å². The highest BCUT2D eigenvalue weighted by molar-refractivity contribution is 7.99. The van der Waals surface area contributed by atoms with Gasteiger partial charge in [-0.15, -0.1) is 0 Å². The van der Waals surface area contributed by atoms with Gasteiger partial charge in [0, 0.05) is 38.3 Å². The van der Waals surface area contributed by atoms with Gasteiger partial charge in [0.25, 0.3) is 0 Å². The molecule has 3 rings (SSSR count). The molecule has 3 nitrogen and oxygen atoms in total. The lowest BCUT2D eigenvalue weighted by molar-refractivity contribution is -0.125. The zero-order chi connectivity index (χ0) is 15.2. The summed E-state index contributed by atoms with van der Waals surface area (Å²) in [5.41, 5.74) is 1.12. The average Bonchev–Trinajstić information content (AvgIpc) is 2.96. The van der Waals surface area contributed by atoms with Crippen LogP contribution in [-0.4, -0.2) is 59.4 Å². The number of carbonyl (C=O) groups is 1. The Hall–Kier alpha value is -0.780. The summed E-state index contributed by atoms with van der Waals surface area (Å²) < 4.78 is 0. The second-order valence-corrected chi connectivity index (χ2v) is 7.95. The molecule has 0 spiro atoms. The van der Waals surface area contributed by atoms with Gasteiger partial charge in [-0.25, -0.2) is 0 Å². The van der Waals surface area contributed by atoms with Crippen LogP contribution in [0.2, 0.25) is 0 Å². The number of nitrogens with zero attached hydrogens (tertiary/aromatic N) is 2. The molecule has 120 valence electrons. The van der Waals surface area contributed by atoms with Gasteiger partial charge < -0.3 is 4.90 Å². The van der Waals surface area contributed by atoms with Crippen LogP contribution in [0.25, 0.3) is 6.08 Å². The minimum atomic E-state index is 0.159. The topological polar surface area (TPSA) is 23.6 Å². The SMILES string of the molecule is O=C(C=Cc1ccsc1)N1CCCN(C2CCSCC2)CC1. The second kappa shape index (κ2) is 8.18. The van der Waals surface area contributed by atoms with Gasteiger partial charge in [0.05, 0.1) is 0 Å². The predicted octanol–water partition coefficient (Wildman–Crippen LogP) is 3.19. The standard InChI is InChI=1S/C17H24N2OS2/c20-17(3-2-15-4-11-22-14-15)19-8-1-7-18(9-10-19)16-5-12-21-13-6-16/h2-4,11,14,16H,1,5-10,12-13H2. The maximum Gasteiger partial charge on any atom is 0.246 e. The summed E-state index contributed by atoms with van der Waals surface area (Å²) in [7, 11) is 0. The van der Waals surface area contributed by atoms with Gasteiger partial charge in [0.2, 0.25) is 5.91 Å². The molecule has 0 radical (unpaired) electrons. The Kier molecular flexibility index (Phi) is 5.98. The van der Waals surface area contributed by atoms with Crippen molar-refractivity contribution in [2.24, 2.45) is 0 Å². The molecule has 22 heavy (non-hydrogen) atoms. The van der Waals surface area contributed by atoms with Gasteiger partial charge in [-0.05, 0) is 59.2 Å². The molecule has 1 amide bonds. The van der Waals surface area contributed by atoms with E-state index in [9.17, 15) is 4.79 Å². The zero-order valence-corrected chi connectivity index (χ0v) is 14.6. The molecule has 3 heterocycles. The molecule has 2 saturated heterocycles. The fourth-order valence-electron chi connectivity index (χ4n) is 3.22. The van der Waals surface area contributed by atoms with E-state index in [-0.39, 0.29) is 5.91 Å². The molecular formula is C17H24N2OS2. The van der Waals surface area contributed by atoms with Crippen LogP contribution in [-0.2, 0) is 4.79 Å². The van der Waals surface area contributed by atoms with E-state index in [0.717, 1.165) is 44.2 Å². The summed E-state index contributed by atoms with van der Waals surface area (Å²) in [6.45, 7) is 3.95.